The van der Waals surface area contributed by atoms with Gasteiger partial charge in [-0.1, -0.05) is 98.6 Å². The number of ether oxygens (including phenoxy) is 1. The van der Waals surface area contributed by atoms with Gasteiger partial charge >= 0.3 is 0 Å². The zero-order chi connectivity index (χ0) is 21.5. The highest BCUT2D eigenvalue weighted by Crippen LogP contribution is 2.58. The second-order valence-electron chi connectivity index (χ2n) is 9.84. The number of aliphatic hydroxyl groups is 1. The fourth-order valence-corrected chi connectivity index (χ4v) is 5.50. The van der Waals surface area contributed by atoms with Crippen LogP contribution in [-0.2, 0) is 18.4 Å². The predicted molar refractivity (Wildman–Crippen MR) is 125 cm³/mol. The maximum absolute atomic E-state index is 11.9. The van der Waals surface area contributed by atoms with Crippen molar-refractivity contribution in [1.29, 1.82) is 0 Å². The van der Waals surface area contributed by atoms with Crippen molar-refractivity contribution in [3.8, 4) is 5.75 Å². The minimum atomic E-state index is -0.727. The number of unbranched alkanes of at least 4 members (excludes halogenated alkanes) is 4. The van der Waals surface area contributed by atoms with E-state index in [1.54, 1.807) is 0 Å². The van der Waals surface area contributed by atoms with Crippen molar-refractivity contribution >= 4 is 0 Å². The van der Waals surface area contributed by atoms with Gasteiger partial charge in [0.25, 0.3) is 0 Å². The maximum atomic E-state index is 11.9. The van der Waals surface area contributed by atoms with Crippen molar-refractivity contribution in [3.05, 3.63) is 28.8 Å². The first kappa shape index (κ1) is 24.3. The molecule has 0 aromatic heterocycles. The molecule has 0 fully saturated rings. The Morgan fingerprint density at radius 2 is 1.55 bits per heavy atom. The second-order valence-corrected chi connectivity index (χ2v) is 9.84. The summed E-state index contributed by atoms with van der Waals surface area (Å²) in [7, 11) is 0. The largest absolute Gasteiger partial charge is 0.493 e. The van der Waals surface area contributed by atoms with E-state index < -0.39 is 5.60 Å². The van der Waals surface area contributed by atoms with Crippen molar-refractivity contribution in [1.82, 2.24) is 0 Å². The molecule has 166 valence electrons. The van der Waals surface area contributed by atoms with Crippen LogP contribution < -0.4 is 4.74 Å². The summed E-state index contributed by atoms with van der Waals surface area (Å²) in [5, 5.41) is 11.9. The van der Waals surface area contributed by atoms with Crippen LogP contribution in [0.5, 0.6) is 5.75 Å². The molecule has 0 spiro atoms. The van der Waals surface area contributed by atoms with Crippen LogP contribution in [0.1, 0.15) is 116 Å². The fraction of sp³-hybridized carbons (Fsp3) is 0.778. The lowest BCUT2D eigenvalue weighted by atomic mass is 9.65. The molecule has 1 aliphatic carbocycles. The number of benzene rings is 1. The van der Waals surface area contributed by atoms with Crippen LogP contribution in [0.3, 0.4) is 0 Å². The summed E-state index contributed by atoms with van der Waals surface area (Å²) < 4.78 is 5.92. The first-order valence-electron chi connectivity index (χ1n) is 12.4. The second kappa shape index (κ2) is 10.8. The van der Waals surface area contributed by atoms with Gasteiger partial charge in [0.2, 0.25) is 0 Å². The van der Waals surface area contributed by atoms with Crippen LogP contribution in [0.4, 0.5) is 0 Å². The Morgan fingerprint density at radius 1 is 0.931 bits per heavy atom. The van der Waals surface area contributed by atoms with E-state index in [1.807, 2.05) is 0 Å². The van der Waals surface area contributed by atoms with Gasteiger partial charge in [-0.15, -0.1) is 0 Å². The molecule has 1 aromatic carbocycles. The first-order chi connectivity index (χ1) is 13.9. The van der Waals surface area contributed by atoms with Gasteiger partial charge in [-0.25, -0.2) is 0 Å². The Morgan fingerprint density at radius 3 is 2.10 bits per heavy atom. The third kappa shape index (κ3) is 5.01. The highest BCUT2D eigenvalue weighted by Gasteiger charge is 2.56. The summed E-state index contributed by atoms with van der Waals surface area (Å²) in [5.41, 5.74) is 2.88. The molecule has 2 nitrogen and oxygen atoms in total. The van der Waals surface area contributed by atoms with E-state index >= 15 is 0 Å². The molecule has 0 saturated carbocycles. The Labute approximate surface area is 180 Å². The SMILES string of the molecule is CCCC(CCC)C1(O)c2ccc3c(c2CC1(C)C)OCC3.CCCCCCC. The molecule has 0 amide bonds. The zero-order valence-electron chi connectivity index (χ0n) is 20.1. The third-order valence-electron chi connectivity index (χ3n) is 7.09. The Hall–Kier alpha value is -1.02. The van der Waals surface area contributed by atoms with Gasteiger partial charge < -0.3 is 9.84 Å². The van der Waals surface area contributed by atoms with E-state index in [-0.39, 0.29) is 5.41 Å². The molecule has 2 aliphatic rings. The molecular weight excluding hydrogens is 356 g/mol. The topological polar surface area (TPSA) is 29.5 Å². The van der Waals surface area contributed by atoms with E-state index in [4.69, 9.17) is 4.74 Å². The molecule has 2 heteroatoms. The van der Waals surface area contributed by atoms with Crippen LogP contribution in [0, 0.1) is 11.3 Å². The standard InChI is InChI=1S/C20H30O2.C7H16/c1-5-7-15(8-6-2)20(21)17-10-9-14-11-12-22-18(14)16(17)13-19(20,3)4;1-3-5-7-6-4-2/h9-10,15,21H,5-8,11-13H2,1-4H3;3-7H2,1-2H3. The van der Waals surface area contributed by atoms with E-state index in [9.17, 15) is 5.11 Å². The molecule has 1 N–H and O–H groups in total. The smallest absolute Gasteiger partial charge is 0.126 e. The number of hydrogen-bond acceptors (Lipinski definition) is 2. The van der Waals surface area contributed by atoms with Crippen LogP contribution in [-0.4, -0.2) is 11.7 Å². The molecule has 1 heterocycles. The molecule has 1 aromatic rings. The molecule has 1 atom stereocenters. The lowest BCUT2D eigenvalue weighted by molar-refractivity contribution is -0.113. The van der Waals surface area contributed by atoms with E-state index in [1.165, 1.54) is 43.2 Å². The van der Waals surface area contributed by atoms with Gasteiger partial charge in [-0.3, -0.25) is 0 Å². The van der Waals surface area contributed by atoms with E-state index in [2.05, 4.69) is 53.7 Å². The molecule has 1 aliphatic heterocycles. The summed E-state index contributed by atoms with van der Waals surface area (Å²) in [5.74, 6) is 1.41. The van der Waals surface area contributed by atoms with Crippen LogP contribution in [0.15, 0.2) is 12.1 Å². The van der Waals surface area contributed by atoms with Crippen LogP contribution in [0.2, 0.25) is 0 Å². The van der Waals surface area contributed by atoms with Gasteiger partial charge in [0.15, 0.2) is 0 Å². The molecule has 3 rings (SSSR count). The zero-order valence-corrected chi connectivity index (χ0v) is 20.1. The highest BCUT2D eigenvalue weighted by atomic mass is 16.5. The lowest BCUT2D eigenvalue weighted by Gasteiger charge is -2.44. The molecule has 0 saturated heterocycles. The van der Waals surface area contributed by atoms with Crippen molar-refractivity contribution in [2.45, 2.75) is 118 Å². The number of fused-ring (bicyclic) bond motifs is 3. The highest BCUT2D eigenvalue weighted by molar-refractivity contribution is 5.54. The quantitative estimate of drug-likeness (QED) is 0.431. The lowest BCUT2D eigenvalue weighted by Crippen LogP contribution is -2.45. The molecular formula is C27H46O2. The van der Waals surface area contributed by atoms with Crippen molar-refractivity contribution in [2.24, 2.45) is 11.3 Å². The molecule has 0 bridgehead atoms. The third-order valence-corrected chi connectivity index (χ3v) is 7.09. The summed E-state index contributed by atoms with van der Waals surface area (Å²) in [4.78, 5) is 0. The summed E-state index contributed by atoms with van der Waals surface area (Å²) in [6.45, 7) is 14.2. The Bertz CT molecular complexity index is 624. The van der Waals surface area contributed by atoms with Crippen molar-refractivity contribution in [2.75, 3.05) is 6.61 Å². The molecule has 29 heavy (non-hydrogen) atoms. The van der Waals surface area contributed by atoms with Crippen LogP contribution >= 0.6 is 0 Å². The van der Waals surface area contributed by atoms with E-state index in [0.717, 1.165) is 56.4 Å². The van der Waals surface area contributed by atoms with E-state index in [0.29, 0.717) is 5.92 Å². The summed E-state index contributed by atoms with van der Waals surface area (Å²) in [6, 6.07) is 4.37. The summed E-state index contributed by atoms with van der Waals surface area (Å²) >= 11 is 0. The van der Waals surface area contributed by atoms with Crippen LogP contribution in [0.25, 0.3) is 0 Å². The van der Waals surface area contributed by atoms with Gasteiger partial charge in [0, 0.05) is 17.4 Å². The first-order valence-corrected chi connectivity index (χ1v) is 12.4. The number of rotatable bonds is 9. The normalized spacial score (nSPS) is 21.4. The minimum absolute atomic E-state index is 0.134. The minimum Gasteiger partial charge on any atom is -0.493 e. The monoisotopic (exact) mass is 402 g/mol. The van der Waals surface area contributed by atoms with Crippen molar-refractivity contribution < 1.29 is 9.84 Å². The van der Waals surface area contributed by atoms with Gasteiger partial charge in [0.1, 0.15) is 5.75 Å². The summed E-state index contributed by atoms with van der Waals surface area (Å²) in [6.07, 6.45) is 13.4. The Kier molecular flexibility index (Phi) is 9.07. The number of hydrogen-bond donors (Lipinski definition) is 1. The van der Waals surface area contributed by atoms with Gasteiger partial charge in [-0.05, 0) is 36.3 Å². The predicted octanol–water partition coefficient (Wildman–Crippen LogP) is 7.58. The molecule has 1 unspecified atom stereocenters. The average Bonchev–Trinajstić information content (AvgIpc) is 3.24. The fourth-order valence-electron chi connectivity index (χ4n) is 5.50. The van der Waals surface area contributed by atoms with Crippen molar-refractivity contribution in [3.63, 3.8) is 0 Å². The Balaban J connectivity index is 0.000000370. The van der Waals surface area contributed by atoms with Gasteiger partial charge in [-0.2, -0.15) is 0 Å². The van der Waals surface area contributed by atoms with Gasteiger partial charge in [0.05, 0.1) is 12.2 Å². The average molecular weight is 403 g/mol. The maximum Gasteiger partial charge on any atom is 0.126 e. The molecule has 0 radical (unpaired) electrons.